The van der Waals surface area contributed by atoms with Crippen molar-refractivity contribution in [2.75, 3.05) is 6.54 Å². The number of benzene rings is 2. The first-order chi connectivity index (χ1) is 17.7. The van der Waals surface area contributed by atoms with Gasteiger partial charge in [0.15, 0.2) is 0 Å². The van der Waals surface area contributed by atoms with Crippen molar-refractivity contribution in [3.8, 4) is 5.75 Å². The molecule has 3 rings (SSSR count). The van der Waals surface area contributed by atoms with E-state index in [2.05, 4.69) is 15.0 Å². The van der Waals surface area contributed by atoms with Crippen LogP contribution in [-0.2, 0) is 12.0 Å². The average molecular weight is 569 g/mol. The van der Waals surface area contributed by atoms with Crippen molar-refractivity contribution in [2.45, 2.75) is 43.2 Å². The molecule has 0 bridgehead atoms. The van der Waals surface area contributed by atoms with Crippen LogP contribution in [0.5, 0.6) is 5.75 Å². The number of halogens is 9. The van der Waals surface area contributed by atoms with Gasteiger partial charge in [-0.3, -0.25) is 10.3 Å². The molecule has 2 N–H and O–H groups in total. The van der Waals surface area contributed by atoms with Gasteiger partial charge in [0.2, 0.25) is 0 Å². The molecular formula is C25H21ClF8N2O2. The molecule has 0 aliphatic rings. The largest absolute Gasteiger partial charge is 0.461 e. The molecule has 206 valence electrons. The maximum absolute atomic E-state index is 14.7. The number of hydrogen-bond donors (Lipinski definition) is 2. The summed E-state index contributed by atoms with van der Waals surface area (Å²) in [6, 6.07) is 13.2. The molecule has 0 saturated heterocycles. The van der Waals surface area contributed by atoms with Crippen molar-refractivity contribution in [3.63, 3.8) is 0 Å². The van der Waals surface area contributed by atoms with Crippen LogP contribution in [0.25, 0.3) is 0 Å². The standard InChI is InChI=1S/C25H21ClF8N2O2/c26-17-6-7-21(35-13-17)23(11-15-4-2-1-3-5-15,36-14-19(37)12-24(30,31)32)16-8-18(27)10-20(9-16)38-25(33,34)22(28)29/h1-10,13,19,22,36-37H,11-12,14H2/t19?,23-/m0/s1. The van der Waals surface area contributed by atoms with Crippen molar-refractivity contribution in [3.05, 3.63) is 94.5 Å². The number of hydrogen-bond acceptors (Lipinski definition) is 4. The Balaban J connectivity index is 2.19. The third kappa shape index (κ3) is 7.78. The molecule has 0 saturated carbocycles. The monoisotopic (exact) mass is 568 g/mol. The fraction of sp³-hybridized carbons (Fsp3) is 0.320. The lowest BCUT2D eigenvalue weighted by Crippen LogP contribution is -2.49. The van der Waals surface area contributed by atoms with E-state index in [-0.39, 0.29) is 22.7 Å². The Hall–Kier alpha value is -2.96. The van der Waals surface area contributed by atoms with Crippen molar-refractivity contribution in [1.29, 1.82) is 0 Å². The van der Waals surface area contributed by atoms with Crippen LogP contribution in [0.4, 0.5) is 35.1 Å². The summed E-state index contributed by atoms with van der Waals surface area (Å²) in [5, 5.41) is 13.0. The molecular weight excluding hydrogens is 548 g/mol. The number of nitrogens with zero attached hydrogens (tertiary/aromatic N) is 1. The Morgan fingerprint density at radius 3 is 2.24 bits per heavy atom. The van der Waals surface area contributed by atoms with Crippen molar-refractivity contribution >= 4 is 11.6 Å². The van der Waals surface area contributed by atoms with Gasteiger partial charge in [-0.2, -0.15) is 30.7 Å². The molecule has 0 radical (unpaired) electrons. The Bertz CT molecular complexity index is 1200. The molecule has 3 aromatic rings. The van der Waals surface area contributed by atoms with E-state index in [1.807, 2.05) is 0 Å². The summed E-state index contributed by atoms with van der Waals surface area (Å²) < 4.78 is 110. The smallest absolute Gasteiger partial charge is 0.428 e. The van der Waals surface area contributed by atoms with Gasteiger partial charge in [-0.15, -0.1) is 0 Å². The first kappa shape index (κ1) is 29.6. The second kappa shape index (κ2) is 11.8. The highest BCUT2D eigenvalue weighted by atomic mass is 35.5. The van der Waals surface area contributed by atoms with E-state index in [9.17, 15) is 40.2 Å². The number of rotatable bonds is 11. The van der Waals surface area contributed by atoms with E-state index in [1.54, 1.807) is 30.3 Å². The lowest BCUT2D eigenvalue weighted by Gasteiger charge is -2.37. The molecule has 0 spiro atoms. The molecule has 0 amide bonds. The third-order valence-electron chi connectivity index (χ3n) is 5.46. The normalized spacial score (nSPS) is 14.8. The first-order valence-corrected chi connectivity index (χ1v) is 11.4. The number of aromatic nitrogens is 1. The molecule has 4 nitrogen and oxygen atoms in total. The molecule has 13 heteroatoms. The summed E-state index contributed by atoms with van der Waals surface area (Å²) in [5.74, 6) is -2.12. The summed E-state index contributed by atoms with van der Waals surface area (Å²) in [4.78, 5) is 4.21. The lowest BCUT2D eigenvalue weighted by molar-refractivity contribution is -0.253. The molecule has 2 aromatic carbocycles. The van der Waals surface area contributed by atoms with Crippen LogP contribution in [0, 0.1) is 5.82 Å². The minimum atomic E-state index is -4.96. The number of ether oxygens (including phenoxy) is 1. The molecule has 1 unspecified atom stereocenters. The van der Waals surface area contributed by atoms with Crippen LogP contribution in [-0.4, -0.2) is 41.4 Å². The molecule has 2 atom stereocenters. The zero-order valence-corrected chi connectivity index (χ0v) is 20.1. The average Bonchev–Trinajstić information content (AvgIpc) is 2.81. The highest BCUT2D eigenvalue weighted by molar-refractivity contribution is 6.30. The minimum Gasteiger partial charge on any atom is -0.428 e. The maximum atomic E-state index is 14.7. The van der Waals surface area contributed by atoms with Crippen molar-refractivity contribution < 1.29 is 45.0 Å². The SMILES string of the molecule is OC(CN[C@@](Cc1ccccc1)(c1cc(F)cc(OC(F)(F)C(F)F)c1)c1ccc(Cl)cn1)CC(F)(F)F. The van der Waals surface area contributed by atoms with E-state index >= 15 is 0 Å². The van der Waals surface area contributed by atoms with Gasteiger partial charge in [0.05, 0.1) is 28.8 Å². The van der Waals surface area contributed by atoms with Crippen LogP contribution < -0.4 is 10.1 Å². The predicted molar refractivity (Wildman–Crippen MR) is 123 cm³/mol. The topological polar surface area (TPSA) is 54.4 Å². The van der Waals surface area contributed by atoms with Crippen LogP contribution in [0.3, 0.4) is 0 Å². The zero-order valence-electron chi connectivity index (χ0n) is 19.3. The van der Waals surface area contributed by atoms with Gasteiger partial charge in [0.1, 0.15) is 11.6 Å². The van der Waals surface area contributed by atoms with Crippen LogP contribution in [0.15, 0.2) is 66.9 Å². The van der Waals surface area contributed by atoms with E-state index < -0.39 is 54.9 Å². The Morgan fingerprint density at radius 1 is 0.974 bits per heavy atom. The van der Waals surface area contributed by atoms with E-state index in [0.717, 1.165) is 12.1 Å². The highest BCUT2D eigenvalue weighted by Gasteiger charge is 2.45. The van der Waals surface area contributed by atoms with Crippen molar-refractivity contribution in [2.24, 2.45) is 0 Å². The summed E-state index contributed by atoms with van der Waals surface area (Å²) >= 11 is 5.94. The van der Waals surface area contributed by atoms with Gasteiger partial charge in [0.25, 0.3) is 0 Å². The Morgan fingerprint density at radius 2 is 1.66 bits per heavy atom. The molecule has 0 aliphatic carbocycles. The molecule has 38 heavy (non-hydrogen) atoms. The summed E-state index contributed by atoms with van der Waals surface area (Å²) in [6.07, 6.45) is -16.4. The van der Waals surface area contributed by atoms with Gasteiger partial charge in [-0.25, -0.2) is 4.39 Å². The molecule has 0 fully saturated rings. The second-order valence-electron chi connectivity index (χ2n) is 8.42. The molecule has 1 aromatic heterocycles. The predicted octanol–water partition coefficient (Wildman–Crippen LogP) is 6.50. The zero-order chi connectivity index (χ0) is 28.1. The van der Waals surface area contributed by atoms with Crippen LogP contribution in [0.1, 0.15) is 23.2 Å². The van der Waals surface area contributed by atoms with Gasteiger partial charge in [-0.05, 0) is 35.4 Å². The number of pyridine rings is 1. The summed E-state index contributed by atoms with van der Waals surface area (Å²) in [7, 11) is 0. The molecule has 0 aliphatic heterocycles. The molecule has 1 heterocycles. The Kier molecular flexibility index (Phi) is 9.21. The number of alkyl halides is 7. The van der Waals surface area contributed by atoms with Gasteiger partial charge in [-0.1, -0.05) is 41.9 Å². The second-order valence-corrected chi connectivity index (χ2v) is 8.86. The van der Waals surface area contributed by atoms with Gasteiger partial charge >= 0.3 is 18.7 Å². The summed E-state index contributed by atoms with van der Waals surface area (Å²) in [5.41, 5.74) is -1.36. The van der Waals surface area contributed by atoms with E-state index in [0.29, 0.717) is 11.6 Å². The van der Waals surface area contributed by atoms with Crippen LogP contribution >= 0.6 is 11.6 Å². The summed E-state index contributed by atoms with van der Waals surface area (Å²) in [6.45, 7) is -0.698. The fourth-order valence-corrected chi connectivity index (χ4v) is 3.94. The van der Waals surface area contributed by atoms with Gasteiger partial charge < -0.3 is 9.84 Å². The van der Waals surface area contributed by atoms with Gasteiger partial charge in [0, 0.05) is 25.2 Å². The highest BCUT2D eigenvalue weighted by Crippen LogP contribution is 2.37. The van der Waals surface area contributed by atoms with E-state index in [4.69, 9.17) is 11.6 Å². The van der Waals surface area contributed by atoms with Crippen molar-refractivity contribution in [1.82, 2.24) is 10.3 Å². The lowest BCUT2D eigenvalue weighted by atomic mass is 9.80. The number of nitrogens with one attached hydrogen (secondary N) is 1. The fourth-order valence-electron chi connectivity index (χ4n) is 3.83. The minimum absolute atomic E-state index is 0.0575. The number of aliphatic hydroxyl groups excluding tert-OH is 1. The quantitative estimate of drug-likeness (QED) is 0.259. The number of aliphatic hydroxyl groups is 1. The maximum Gasteiger partial charge on any atom is 0.461 e. The van der Waals surface area contributed by atoms with E-state index in [1.165, 1.54) is 18.3 Å². The first-order valence-electron chi connectivity index (χ1n) is 11.0. The third-order valence-corrected chi connectivity index (χ3v) is 5.68. The Labute approximate surface area is 217 Å². The van der Waals surface area contributed by atoms with Crippen LogP contribution in [0.2, 0.25) is 5.02 Å².